The van der Waals surface area contributed by atoms with E-state index >= 15 is 0 Å². The topological polar surface area (TPSA) is 78.0 Å². The van der Waals surface area contributed by atoms with E-state index in [1.165, 1.54) is 0 Å². The second-order valence-corrected chi connectivity index (χ2v) is 9.51. The number of nitrogens with zero attached hydrogens (tertiary/aromatic N) is 3. The first kappa shape index (κ1) is 24.2. The number of anilines is 1. The van der Waals surface area contributed by atoms with Gasteiger partial charge in [-0.3, -0.25) is 24.1 Å². The molecule has 2 aliphatic rings. The number of amides is 3. The number of carbonyl (C=O) groups excluding carboxylic acids is 4. The number of imide groups is 1. The van der Waals surface area contributed by atoms with E-state index in [0.717, 1.165) is 10.6 Å². The third-order valence-corrected chi connectivity index (χ3v) is 6.69. The van der Waals surface area contributed by atoms with Crippen LogP contribution in [0.3, 0.4) is 0 Å². The average Bonchev–Trinajstić information content (AvgIpc) is 3.06. The standard InChI is InChI=1S/C25H25Cl2N3O4/c1-16(12-20(31)6-7-30-24(33)21-4-2-3-5-22(21)25(30)34)23(32)29-10-8-28(9-11-29)19-14-17(26)13-18(27)15-19/h2-5,13-16H,6-12H2,1H3/t16-/m0/s1. The first-order valence-corrected chi connectivity index (χ1v) is 12.0. The van der Waals surface area contributed by atoms with Crippen molar-refractivity contribution in [3.8, 4) is 0 Å². The smallest absolute Gasteiger partial charge is 0.261 e. The molecule has 1 atom stereocenters. The van der Waals surface area contributed by atoms with Gasteiger partial charge in [-0.1, -0.05) is 42.3 Å². The van der Waals surface area contributed by atoms with Crippen LogP contribution in [0.5, 0.6) is 0 Å². The number of hydrogen-bond donors (Lipinski definition) is 0. The third kappa shape index (κ3) is 5.10. The molecule has 178 valence electrons. The summed E-state index contributed by atoms with van der Waals surface area (Å²) in [6.45, 7) is 4.12. The van der Waals surface area contributed by atoms with E-state index in [0.29, 0.717) is 47.4 Å². The highest BCUT2D eigenvalue weighted by atomic mass is 35.5. The predicted octanol–water partition coefficient (Wildman–Crippen LogP) is 3.92. The molecule has 0 radical (unpaired) electrons. The number of halogens is 2. The lowest BCUT2D eigenvalue weighted by Crippen LogP contribution is -2.50. The fraction of sp³-hybridized carbons (Fsp3) is 0.360. The summed E-state index contributed by atoms with van der Waals surface area (Å²) >= 11 is 12.2. The molecule has 0 unspecified atom stereocenters. The number of rotatable bonds is 7. The van der Waals surface area contributed by atoms with Crippen LogP contribution in [0.25, 0.3) is 0 Å². The fourth-order valence-corrected chi connectivity index (χ4v) is 4.94. The Morgan fingerprint density at radius 3 is 2.03 bits per heavy atom. The number of fused-ring (bicyclic) bond motifs is 1. The molecule has 9 heteroatoms. The summed E-state index contributed by atoms with van der Waals surface area (Å²) in [6, 6.07) is 12.0. The van der Waals surface area contributed by atoms with Crippen LogP contribution in [0.1, 0.15) is 40.5 Å². The van der Waals surface area contributed by atoms with Crippen LogP contribution in [-0.4, -0.2) is 66.0 Å². The van der Waals surface area contributed by atoms with Crippen LogP contribution in [0.2, 0.25) is 10.0 Å². The van der Waals surface area contributed by atoms with Gasteiger partial charge in [0.1, 0.15) is 5.78 Å². The molecular weight excluding hydrogens is 477 g/mol. The van der Waals surface area contributed by atoms with E-state index in [-0.39, 0.29) is 42.9 Å². The van der Waals surface area contributed by atoms with Crippen molar-refractivity contribution >= 4 is 52.4 Å². The lowest BCUT2D eigenvalue weighted by Gasteiger charge is -2.37. The van der Waals surface area contributed by atoms with Crippen LogP contribution in [0, 0.1) is 5.92 Å². The van der Waals surface area contributed by atoms with E-state index < -0.39 is 5.92 Å². The summed E-state index contributed by atoms with van der Waals surface area (Å²) in [5.74, 6) is -1.45. The van der Waals surface area contributed by atoms with Crippen LogP contribution in [-0.2, 0) is 9.59 Å². The molecule has 0 bridgehead atoms. The van der Waals surface area contributed by atoms with Crippen molar-refractivity contribution in [2.45, 2.75) is 19.8 Å². The molecular formula is C25H25Cl2N3O4. The highest BCUT2D eigenvalue weighted by Crippen LogP contribution is 2.27. The van der Waals surface area contributed by atoms with Crippen LogP contribution in [0.15, 0.2) is 42.5 Å². The maximum absolute atomic E-state index is 12.9. The minimum atomic E-state index is -0.471. The maximum atomic E-state index is 12.9. The van der Waals surface area contributed by atoms with Gasteiger partial charge in [0.25, 0.3) is 11.8 Å². The van der Waals surface area contributed by atoms with Crippen LogP contribution < -0.4 is 4.90 Å². The molecule has 3 amide bonds. The number of Topliss-reactive ketones (excluding diaryl/α,β-unsaturated/α-hetero) is 1. The SMILES string of the molecule is C[C@@H](CC(=O)CCN1C(=O)c2ccccc2C1=O)C(=O)N1CCN(c2cc(Cl)cc(Cl)c2)CC1. The van der Waals surface area contributed by atoms with Gasteiger partial charge in [-0.2, -0.15) is 0 Å². The molecule has 0 aliphatic carbocycles. The number of carbonyl (C=O) groups is 4. The van der Waals surface area contributed by atoms with Crippen LogP contribution >= 0.6 is 23.2 Å². The summed E-state index contributed by atoms with van der Waals surface area (Å²) in [7, 11) is 0. The van der Waals surface area contributed by atoms with Crippen molar-refractivity contribution in [2.24, 2.45) is 5.92 Å². The van der Waals surface area contributed by atoms with Gasteiger partial charge in [0.05, 0.1) is 11.1 Å². The summed E-state index contributed by atoms with van der Waals surface area (Å²) in [6.07, 6.45) is 0.110. The number of benzene rings is 2. The van der Waals surface area contributed by atoms with Gasteiger partial charge in [-0.25, -0.2) is 0 Å². The molecule has 0 saturated carbocycles. The second-order valence-electron chi connectivity index (χ2n) is 8.64. The monoisotopic (exact) mass is 501 g/mol. The Morgan fingerprint density at radius 2 is 1.47 bits per heavy atom. The van der Waals surface area contributed by atoms with Gasteiger partial charge in [-0.15, -0.1) is 0 Å². The second kappa shape index (κ2) is 10.2. The average molecular weight is 502 g/mol. The van der Waals surface area contributed by atoms with Gasteiger partial charge >= 0.3 is 0 Å². The summed E-state index contributed by atoms with van der Waals surface area (Å²) in [5, 5.41) is 1.13. The fourth-order valence-electron chi connectivity index (χ4n) is 4.43. The van der Waals surface area contributed by atoms with Crippen molar-refractivity contribution in [1.82, 2.24) is 9.80 Å². The third-order valence-electron chi connectivity index (χ3n) is 6.25. The molecule has 0 aromatic heterocycles. The van der Waals surface area contributed by atoms with E-state index in [9.17, 15) is 19.2 Å². The molecule has 2 aromatic carbocycles. The molecule has 2 aliphatic heterocycles. The molecule has 0 spiro atoms. The molecule has 2 aromatic rings. The molecule has 4 rings (SSSR count). The van der Waals surface area contributed by atoms with Crippen LogP contribution in [0.4, 0.5) is 5.69 Å². The van der Waals surface area contributed by atoms with Crippen molar-refractivity contribution in [3.63, 3.8) is 0 Å². The van der Waals surface area contributed by atoms with Gasteiger partial charge in [0.2, 0.25) is 5.91 Å². The van der Waals surface area contributed by atoms with Crippen molar-refractivity contribution in [2.75, 3.05) is 37.6 Å². The Bertz CT molecular complexity index is 1090. The number of piperazine rings is 1. The minimum Gasteiger partial charge on any atom is -0.368 e. The maximum Gasteiger partial charge on any atom is 0.261 e. The van der Waals surface area contributed by atoms with Gasteiger partial charge < -0.3 is 9.80 Å². The summed E-state index contributed by atoms with van der Waals surface area (Å²) in [4.78, 5) is 55.3. The Balaban J connectivity index is 1.25. The van der Waals surface area contributed by atoms with Crippen molar-refractivity contribution < 1.29 is 19.2 Å². The quantitative estimate of drug-likeness (QED) is 0.537. The highest BCUT2D eigenvalue weighted by Gasteiger charge is 2.35. The molecule has 1 fully saturated rings. The Labute approximate surface area is 208 Å². The predicted molar refractivity (Wildman–Crippen MR) is 130 cm³/mol. The zero-order chi connectivity index (χ0) is 24.4. The molecule has 7 nitrogen and oxygen atoms in total. The first-order valence-electron chi connectivity index (χ1n) is 11.2. The first-order chi connectivity index (χ1) is 16.2. The normalized spacial score (nSPS) is 16.6. The van der Waals surface area contributed by atoms with Gasteiger partial charge in [0, 0.05) is 67.2 Å². The zero-order valence-corrected chi connectivity index (χ0v) is 20.3. The zero-order valence-electron chi connectivity index (χ0n) is 18.8. The van der Waals surface area contributed by atoms with E-state index in [4.69, 9.17) is 23.2 Å². The molecule has 34 heavy (non-hydrogen) atoms. The number of hydrogen-bond acceptors (Lipinski definition) is 5. The largest absolute Gasteiger partial charge is 0.368 e. The van der Waals surface area contributed by atoms with E-state index in [2.05, 4.69) is 4.90 Å². The lowest BCUT2D eigenvalue weighted by molar-refractivity contribution is -0.137. The van der Waals surface area contributed by atoms with E-state index in [1.54, 1.807) is 42.2 Å². The summed E-state index contributed by atoms with van der Waals surface area (Å²) in [5.41, 5.74) is 1.64. The van der Waals surface area contributed by atoms with Gasteiger partial charge in [-0.05, 0) is 30.3 Å². The highest BCUT2D eigenvalue weighted by molar-refractivity contribution is 6.35. The minimum absolute atomic E-state index is 0.0208. The molecule has 2 heterocycles. The number of ketones is 1. The van der Waals surface area contributed by atoms with E-state index in [1.807, 2.05) is 12.1 Å². The Hall–Kier alpha value is -2.90. The van der Waals surface area contributed by atoms with Crippen molar-refractivity contribution in [1.29, 1.82) is 0 Å². The van der Waals surface area contributed by atoms with Gasteiger partial charge in [0.15, 0.2) is 0 Å². The Morgan fingerprint density at radius 1 is 0.912 bits per heavy atom. The van der Waals surface area contributed by atoms with Crippen molar-refractivity contribution in [3.05, 3.63) is 63.6 Å². The molecule has 1 saturated heterocycles. The Kier molecular flexibility index (Phi) is 7.24. The summed E-state index contributed by atoms with van der Waals surface area (Å²) < 4.78 is 0. The molecule has 0 N–H and O–H groups in total. The lowest BCUT2D eigenvalue weighted by atomic mass is 10.0.